The van der Waals surface area contributed by atoms with Gasteiger partial charge in [-0.3, -0.25) is 9.59 Å². The second-order valence-electron chi connectivity index (χ2n) is 9.69. The first-order valence-electron chi connectivity index (χ1n) is 11.8. The van der Waals surface area contributed by atoms with Gasteiger partial charge in [0, 0.05) is 27.3 Å². The largest absolute Gasteiger partial charge is 0.352 e. The standard InChI is InChI=1S/C26H29Cl2N3O2/c27-18-6-3-5-17(13-18)15-26(21-10-9-19(28)14-22(21)31-24(26)33)25(11-1-2-12-25)29-16-23(32)30-20-7-4-8-20/h3,5-6,9-10,13-14,20,29H,1-2,4,7-8,11-12,15-16H2,(H,30,32)(H,31,33). The lowest BCUT2D eigenvalue weighted by Crippen LogP contribution is -2.64. The minimum absolute atomic E-state index is 0.00128. The SMILES string of the molecule is O=C(CNC1(C2(Cc3cccc(Cl)c3)C(=O)Nc3cc(Cl)ccc32)CCCC1)NC1CCC1. The summed E-state index contributed by atoms with van der Waals surface area (Å²) in [6, 6.07) is 13.6. The fraction of sp³-hybridized carbons (Fsp3) is 0.462. The summed E-state index contributed by atoms with van der Waals surface area (Å²) >= 11 is 12.6. The van der Waals surface area contributed by atoms with Gasteiger partial charge in [-0.1, -0.05) is 54.2 Å². The van der Waals surface area contributed by atoms with Crippen LogP contribution in [-0.4, -0.2) is 29.9 Å². The molecule has 1 aliphatic heterocycles. The Morgan fingerprint density at radius 3 is 2.48 bits per heavy atom. The average Bonchev–Trinajstić information content (AvgIpc) is 3.33. The third kappa shape index (κ3) is 4.05. The highest BCUT2D eigenvalue weighted by atomic mass is 35.5. The molecule has 0 spiro atoms. The molecule has 1 unspecified atom stereocenters. The maximum atomic E-state index is 13.9. The number of rotatable bonds is 7. The highest BCUT2D eigenvalue weighted by Gasteiger charge is 2.61. The second kappa shape index (κ2) is 8.94. The number of nitrogens with one attached hydrogen (secondary N) is 3. The summed E-state index contributed by atoms with van der Waals surface area (Å²) in [7, 11) is 0. The Bertz CT molecular complexity index is 1080. The summed E-state index contributed by atoms with van der Waals surface area (Å²) in [5.41, 5.74) is 1.26. The summed E-state index contributed by atoms with van der Waals surface area (Å²) in [6.45, 7) is 0.198. The van der Waals surface area contributed by atoms with Crippen molar-refractivity contribution in [2.75, 3.05) is 11.9 Å². The first-order valence-corrected chi connectivity index (χ1v) is 12.6. The maximum Gasteiger partial charge on any atom is 0.237 e. The van der Waals surface area contributed by atoms with Crippen LogP contribution in [0.1, 0.15) is 56.1 Å². The zero-order valence-electron chi connectivity index (χ0n) is 18.6. The van der Waals surface area contributed by atoms with Gasteiger partial charge in [0.2, 0.25) is 11.8 Å². The highest BCUT2D eigenvalue weighted by Crippen LogP contribution is 2.53. The third-order valence-corrected chi connectivity index (χ3v) is 8.24. The molecule has 2 aliphatic carbocycles. The molecular formula is C26H29Cl2N3O2. The monoisotopic (exact) mass is 485 g/mol. The van der Waals surface area contributed by atoms with Crippen molar-refractivity contribution in [2.24, 2.45) is 0 Å². The number of anilines is 1. The van der Waals surface area contributed by atoms with Crippen molar-refractivity contribution in [2.45, 2.75) is 68.4 Å². The Morgan fingerprint density at radius 2 is 1.79 bits per heavy atom. The van der Waals surface area contributed by atoms with Crippen molar-refractivity contribution >= 4 is 40.7 Å². The number of benzene rings is 2. The van der Waals surface area contributed by atoms with Gasteiger partial charge in [-0.05, 0) is 73.9 Å². The fourth-order valence-corrected chi connectivity index (χ4v) is 6.32. The van der Waals surface area contributed by atoms with Gasteiger partial charge in [-0.15, -0.1) is 0 Å². The van der Waals surface area contributed by atoms with Crippen LogP contribution in [0.4, 0.5) is 5.69 Å². The predicted molar refractivity (Wildman–Crippen MR) is 132 cm³/mol. The number of carbonyl (C=O) groups excluding carboxylic acids is 2. The van der Waals surface area contributed by atoms with Crippen LogP contribution in [0.15, 0.2) is 42.5 Å². The van der Waals surface area contributed by atoms with E-state index in [1.54, 1.807) is 0 Å². The van der Waals surface area contributed by atoms with E-state index in [0.29, 0.717) is 16.5 Å². The number of amides is 2. The summed E-state index contributed by atoms with van der Waals surface area (Å²) in [5.74, 6) is -0.0489. The molecule has 2 aromatic carbocycles. The lowest BCUT2D eigenvalue weighted by Gasteiger charge is -2.46. The van der Waals surface area contributed by atoms with Crippen LogP contribution in [0.5, 0.6) is 0 Å². The summed E-state index contributed by atoms with van der Waals surface area (Å²) < 4.78 is 0. The number of hydrogen-bond acceptors (Lipinski definition) is 3. The van der Waals surface area contributed by atoms with Crippen LogP contribution in [-0.2, 0) is 21.4 Å². The minimum atomic E-state index is -0.870. The summed E-state index contributed by atoms with van der Waals surface area (Å²) in [4.78, 5) is 26.6. The molecule has 0 bridgehead atoms. The third-order valence-electron chi connectivity index (χ3n) is 7.77. The predicted octanol–water partition coefficient (Wildman–Crippen LogP) is 5.00. The summed E-state index contributed by atoms with van der Waals surface area (Å²) in [6.07, 6.45) is 7.41. The van der Waals surface area contributed by atoms with E-state index < -0.39 is 11.0 Å². The Morgan fingerprint density at radius 1 is 1.03 bits per heavy atom. The van der Waals surface area contributed by atoms with Gasteiger partial charge in [0.15, 0.2) is 0 Å². The van der Waals surface area contributed by atoms with Crippen LogP contribution in [0.3, 0.4) is 0 Å². The van der Waals surface area contributed by atoms with E-state index in [4.69, 9.17) is 23.2 Å². The molecule has 7 heteroatoms. The maximum absolute atomic E-state index is 13.9. The molecule has 5 rings (SSSR count). The molecule has 174 valence electrons. The molecule has 2 fully saturated rings. The van der Waals surface area contributed by atoms with E-state index in [0.717, 1.165) is 55.3 Å². The molecule has 5 nitrogen and oxygen atoms in total. The first kappa shape index (κ1) is 22.7. The number of halogens is 2. The van der Waals surface area contributed by atoms with Crippen molar-refractivity contribution in [3.8, 4) is 0 Å². The van der Waals surface area contributed by atoms with Crippen molar-refractivity contribution in [3.63, 3.8) is 0 Å². The van der Waals surface area contributed by atoms with Crippen LogP contribution in [0.25, 0.3) is 0 Å². The number of hydrogen-bond donors (Lipinski definition) is 3. The van der Waals surface area contributed by atoms with E-state index in [-0.39, 0.29) is 24.4 Å². The Kier molecular flexibility index (Phi) is 6.15. The van der Waals surface area contributed by atoms with Crippen molar-refractivity contribution in [3.05, 3.63) is 63.6 Å². The van der Waals surface area contributed by atoms with Crippen LogP contribution >= 0.6 is 23.2 Å². The van der Waals surface area contributed by atoms with E-state index in [1.807, 2.05) is 42.5 Å². The van der Waals surface area contributed by atoms with Gasteiger partial charge >= 0.3 is 0 Å². The molecule has 1 atom stereocenters. The zero-order chi connectivity index (χ0) is 23.1. The van der Waals surface area contributed by atoms with Gasteiger partial charge in [0.05, 0.1) is 12.0 Å². The van der Waals surface area contributed by atoms with Gasteiger partial charge in [-0.25, -0.2) is 0 Å². The highest BCUT2D eigenvalue weighted by molar-refractivity contribution is 6.31. The minimum Gasteiger partial charge on any atom is -0.352 e. The normalized spacial score (nSPS) is 23.6. The topological polar surface area (TPSA) is 70.2 Å². The molecule has 1 heterocycles. The second-order valence-corrected chi connectivity index (χ2v) is 10.6. The number of carbonyl (C=O) groups is 2. The molecular weight excluding hydrogens is 457 g/mol. The van der Waals surface area contributed by atoms with E-state index in [2.05, 4.69) is 16.0 Å². The van der Waals surface area contributed by atoms with Crippen molar-refractivity contribution < 1.29 is 9.59 Å². The van der Waals surface area contributed by atoms with Gasteiger partial charge < -0.3 is 16.0 Å². The van der Waals surface area contributed by atoms with Crippen LogP contribution < -0.4 is 16.0 Å². The lowest BCUT2D eigenvalue weighted by molar-refractivity contribution is -0.126. The first-order chi connectivity index (χ1) is 15.9. The number of fused-ring (bicyclic) bond motifs is 1. The molecule has 2 saturated carbocycles. The smallest absolute Gasteiger partial charge is 0.237 e. The molecule has 2 amide bonds. The average molecular weight is 486 g/mol. The Labute approximate surface area is 204 Å². The van der Waals surface area contributed by atoms with Crippen molar-refractivity contribution in [1.29, 1.82) is 0 Å². The van der Waals surface area contributed by atoms with E-state index in [9.17, 15) is 9.59 Å². The Balaban J connectivity index is 1.55. The van der Waals surface area contributed by atoms with Gasteiger partial charge in [-0.2, -0.15) is 0 Å². The molecule has 0 saturated heterocycles. The van der Waals surface area contributed by atoms with Crippen molar-refractivity contribution in [1.82, 2.24) is 10.6 Å². The lowest BCUT2D eigenvalue weighted by atomic mass is 9.61. The fourth-order valence-electron chi connectivity index (χ4n) is 5.93. The molecule has 0 radical (unpaired) electrons. The summed E-state index contributed by atoms with van der Waals surface area (Å²) in [5, 5.41) is 11.1. The Hall–Kier alpha value is -2.08. The molecule has 33 heavy (non-hydrogen) atoms. The van der Waals surface area contributed by atoms with Gasteiger partial charge in [0.25, 0.3) is 0 Å². The van der Waals surface area contributed by atoms with E-state index >= 15 is 0 Å². The molecule has 2 aromatic rings. The molecule has 0 aromatic heterocycles. The van der Waals surface area contributed by atoms with Gasteiger partial charge in [0.1, 0.15) is 0 Å². The van der Waals surface area contributed by atoms with E-state index in [1.165, 1.54) is 6.42 Å². The zero-order valence-corrected chi connectivity index (χ0v) is 20.1. The molecule has 3 aliphatic rings. The van der Waals surface area contributed by atoms with Crippen LogP contribution in [0.2, 0.25) is 10.0 Å². The molecule has 3 N–H and O–H groups in total. The quantitative estimate of drug-likeness (QED) is 0.516. The van der Waals surface area contributed by atoms with Crippen LogP contribution in [0, 0.1) is 0 Å².